The molecule has 1 aromatic heterocycles. The van der Waals surface area contributed by atoms with Crippen molar-refractivity contribution in [3.05, 3.63) is 54.1 Å². The molecule has 0 unspecified atom stereocenters. The molecule has 3 rings (SSSR count). The van der Waals surface area contributed by atoms with E-state index in [1.807, 2.05) is 45.9 Å². The molecule has 0 saturated heterocycles. The molecule has 4 heteroatoms. The molecule has 3 nitrogen and oxygen atoms in total. The highest BCUT2D eigenvalue weighted by atomic mass is 32.2. The van der Waals surface area contributed by atoms with Gasteiger partial charge in [0.2, 0.25) is 0 Å². The minimum Gasteiger partial charge on any atom is -0.481 e. The van der Waals surface area contributed by atoms with Crippen LogP contribution < -0.4 is 0 Å². The Hall–Kier alpha value is -2.20. The van der Waals surface area contributed by atoms with Gasteiger partial charge in [-0.2, -0.15) is 0 Å². The van der Waals surface area contributed by atoms with Gasteiger partial charge in [-0.15, -0.1) is 11.8 Å². The lowest BCUT2D eigenvalue weighted by Gasteiger charge is -2.19. The van der Waals surface area contributed by atoms with Crippen LogP contribution in [0.25, 0.3) is 22.2 Å². The first-order chi connectivity index (χ1) is 13.3. The average Bonchev–Trinajstić information content (AvgIpc) is 3.12. The van der Waals surface area contributed by atoms with Crippen LogP contribution >= 0.6 is 11.8 Å². The van der Waals surface area contributed by atoms with E-state index in [0.29, 0.717) is 0 Å². The second kappa shape index (κ2) is 11.0. The summed E-state index contributed by atoms with van der Waals surface area (Å²) in [6.07, 6.45) is 0. The number of benzene rings is 2. The Bertz CT molecular complexity index is 891. The second-order valence-corrected chi connectivity index (χ2v) is 7.99. The van der Waals surface area contributed by atoms with Gasteiger partial charge in [0.15, 0.2) is 0 Å². The predicted molar refractivity (Wildman–Crippen MR) is 123 cm³/mol. The number of hydrogen-bond acceptors (Lipinski definition) is 2. The van der Waals surface area contributed by atoms with Crippen molar-refractivity contribution in [2.45, 2.75) is 58.8 Å². The standard InChI is InChI=1S/C20H21NO2S.2C2H6/c1-20(2,3)15-6-4-5-13(9-15)18-11-14-10-16(24-12-19(22)23)7-8-17(14)21-18;2*1-2/h4-11,21H,12H2,1-3H3,(H,22,23);2*1-2H3. The SMILES string of the molecule is CC.CC.CC(C)(C)c1cccc(-c2cc3cc(SCC(=O)O)ccc3[nH]2)c1. The molecule has 0 spiro atoms. The summed E-state index contributed by atoms with van der Waals surface area (Å²) in [4.78, 5) is 15.1. The molecule has 0 aliphatic heterocycles. The van der Waals surface area contributed by atoms with Crippen molar-refractivity contribution in [2.75, 3.05) is 5.75 Å². The van der Waals surface area contributed by atoms with Gasteiger partial charge in [0.25, 0.3) is 0 Å². The number of H-pyrrole nitrogens is 1. The third-order valence-corrected chi connectivity index (χ3v) is 4.97. The summed E-state index contributed by atoms with van der Waals surface area (Å²) < 4.78 is 0. The summed E-state index contributed by atoms with van der Waals surface area (Å²) in [6, 6.07) is 16.7. The van der Waals surface area contributed by atoms with Gasteiger partial charge in [-0.1, -0.05) is 66.7 Å². The first-order valence-electron chi connectivity index (χ1n) is 9.91. The smallest absolute Gasteiger partial charge is 0.313 e. The molecule has 1 heterocycles. The summed E-state index contributed by atoms with van der Waals surface area (Å²) in [5.41, 5.74) is 4.72. The van der Waals surface area contributed by atoms with Crippen LogP contribution in [0.4, 0.5) is 0 Å². The van der Waals surface area contributed by atoms with Gasteiger partial charge in [-0.05, 0) is 46.9 Å². The monoisotopic (exact) mass is 399 g/mol. The van der Waals surface area contributed by atoms with Gasteiger partial charge in [-0.25, -0.2) is 0 Å². The van der Waals surface area contributed by atoms with Crippen molar-refractivity contribution in [1.82, 2.24) is 4.98 Å². The summed E-state index contributed by atoms with van der Waals surface area (Å²) >= 11 is 1.34. The van der Waals surface area contributed by atoms with Crippen molar-refractivity contribution < 1.29 is 9.90 Å². The molecule has 2 N–H and O–H groups in total. The van der Waals surface area contributed by atoms with Crippen LogP contribution in [0.5, 0.6) is 0 Å². The molecule has 0 radical (unpaired) electrons. The summed E-state index contributed by atoms with van der Waals surface area (Å²) in [6.45, 7) is 14.6. The fraction of sp³-hybridized carbons (Fsp3) is 0.375. The van der Waals surface area contributed by atoms with Crippen molar-refractivity contribution in [2.24, 2.45) is 0 Å². The highest BCUT2D eigenvalue weighted by Gasteiger charge is 2.14. The average molecular weight is 400 g/mol. The van der Waals surface area contributed by atoms with Gasteiger partial charge < -0.3 is 10.1 Å². The number of aromatic nitrogens is 1. The first kappa shape index (κ1) is 23.8. The van der Waals surface area contributed by atoms with Crippen LogP contribution in [0.2, 0.25) is 0 Å². The van der Waals surface area contributed by atoms with Crippen LogP contribution in [-0.4, -0.2) is 21.8 Å². The summed E-state index contributed by atoms with van der Waals surface area (Å²) in [5, 5.41) is 9.90. The molecular weight excluding hydrogens is 366 g/mol. The fourth-order valence-electron chi connectivity index (χ4n) is 2.65. The Morgan fingerprint density at radius 3 is 2.29 bits per heavy atom. The Balaban J connectivity index is 0.000000921. The molecule has 152 valence electrons. The Morgan fingerprint density at radius 2 is 1.68 bits per heavy atom. The van der Waals surface area contributed by atoms with E-state index in [9.17, 15) is 4.79 Å². The molecule has 0 bridgehead atoms. The fourth-order valence-corrected chi connectivity index (χ4v) is 3.32. The van der Waals surface area contributed by atoms with Crippen molar-refractivity contribution in [1.29, 1.82) is 0 Å². The van der Waals surface area contributed by atoms with E-state index in [2.05, 4.69) is 56.1 Å². The van der Waals surface area contributed by atoms with Crippen molar-refractivity contribution >= 4 is 28.6 Å². The highest BCUT2D eigenvalue weighted by Crippen LogP contribution is 2.30. The Labute approximate surface area is 173 Å². The normalized spacial score (nSPS) is 10.5. The number of aliphatic carboxylic acids is 1. The van der Waals surface area contributed by atoms with E-state index < -0.39 is 5.97 Å². The van der Waals surface area contributed by atoms with E-state index >= 15 is 0 Å². The maximum absolute atomic E-state index is 10.7. The minimum atomic E-state index is -0.797. The number of rotatable bonds is 4. The van der Waals surface area contributed by atoms with Gasteiger partial charge in [0.1, 0.15) is 0 Å². The third-order valence-electron chi connectivity index (χ3n) is 3.99. The second-order valence-electron chi connectivity index (χ2n) is 6.95. The summed E-state index contributed by atoms with van der Waals surface area (Å²) in [5.74, 6) is -0.718. The van der Waals surface area contributed by atoms with E-state index in [0.717, 1.165) is 21.5 Å². The maximum Gasteiger partial charge on any atom is 0.313 e. The van der Waals surface area contributed by atoms with E-state index in [-0.39, 0.29) is 11.2 Å². The molecule has 28 heavy (non-hydrogen) atoms. The molecule has 0 saturated carbocycles. The van der Waals surface area contributed by atoms with Crippen LogP contribution in [0.3, 0.4) is 0 Å². The highest BCUT2D eigenvalue weighted by molar-refractivity contribution is 8.00. The Kier molecular flexibility index (Phi) is 9.33. The van der Waals surface area contributed by atoms with E-state index in [4.69, 9.17) is 5.11 Å². The predicted octanol–water partition coefficient (Wildman–Crippen LogP) is 7.36. The van der Waals surface area contributed by atoms with Gasteiger partial charge >= 0.3 is 5.97 Å². The zero-order chi connectivity index (χ0) is 21.3. The number of nitrogens with one attached hydrogen (secondary N) is 1. The van der Waals surface area contributed by atoms with Crippen molar-refractivity contribution in [3.63, 3.8) is 0 Å². The zero-order valence-corrected chi connectivity index (χ0v) is 18.9. The molecule has 0 fully saturated rings. The van der Waals surface area contributed by atoms with E-state index in [1.165, 1.54) is 22.9 Å². The molecular formula is C24H33NO2S. The van der Waals surface area contributed by atoms with Crippen molar-refractivity contribution in [3.8, 4) is 11.3 Å². The quantitative estimate of drug-likeness (QED) is 0.451. The van der Waals surface area contributed by atoms with Crippen LogP contribution in [-0.2, 0) is 10.2 Å². The van der Waals surface area contributed by atoms with E-state index in [1.54, 1.807) is 0 Å². The third kappa shape index (κ3) is 6.45. The first-order valence-corrected chi connectivity index (χ1v) is 10.9. The lowest BCUT2D eigenvalue weighted by molar-refractivity contribution is -0.133. The summed E-state index contributed by atoms with van der Waals surface area (Å²) in [7, 11) is 0. The minimum absolute atomic E-state index is 0.0798. The number of thioether (sulfide) groups is 1. The van der Waals surface area contributed by atoms with Gasteiger partial charge in [0.05, 0.1) is 5.75 Å². The number of fused-ring (bicyclic) bond motifs is 1. The molecule has 0 atom stereocenters. The molecule has 0 aliphatic rings. The van der Waals surface area contributed by atoms with Crippen LogP contribution in [0.15, 0.2) is 53.4 Å². The van der Waals surface area contributed by atoms with Gasteiger partial charge in [-0.3, -0.25) is 4.79 Å². The number of carboxylic acid groups (broad SMARTS) is 1. The molecule has 3 aromatic rings. The topological polar surface area (TPSA) is 53.1 Å². The van der Waals surface area contributed by atoms with Crippen LogP contribution in [0.1, 0.15) is 54.0 Å². The lowest BCUT2D eigenvalue weighted by Crippen LogP contribution is -2.10. The maximum atomic E-state index is 10.7. The number of carboxylic acids is 1. The molecule has 0 aliphatic carbocycles. The van der Waals surface area contributed by atoms with Crippen LogP contribution in [0, 0.1) is 0 Å². The molecule has 0 amide bonds. The zero-order valence-electron chi connectivity index (χ0n) is 18.1. The number of aromatic amines is 1. The number of hydrogen-bond donors (Lipinski definition) is 2. The van der Waals surface area contributed by atoms with Gasteiger partial charge in [0, 0.05) is 21.5 Å². The molecule has 2 aromatic carbocycles. The largest absolute Gasteiger partial charge is 0.481 e. The lowest BCUT2D eigenvalue weighted by atomic mass is 9.86. The number of carbonyl (C=O) groups is 1. The Morgan fingerprint density at radius 1 is 1.00 bits per heavy atom.